The normalized spacial score (nSPS) is 18.3. The van der Waals surface area contributed by atoms with Crippen LogP contribution in [0.5, 0.6) is 0 Å². The predicted molar refractivity (Wildman–Crippen MR) is 116 cm³/mol. The molecule has 0 N–H and O–H groups in total. The van der Waals surface area contributed by atoms with Crippen LogP contribution in [0.1, 0.15) is 35.3 Å². The first-order chi connectivity index (χ1) is 14.3. The molecule has 0 radical (unpaired) electrons. The minimum absolute atomic E-state index is 0.0128. The lowest BCUT2D eigenvalue weighted by Gasteiger charge is -2.34. The fraction of sp³-hybridized carbons (Fsp3) is 0.435. The van der Waals surface area contributed by atoms with Crippen molar-refractivity contribution in [1.82, 2.24) is 20.0 Å². The number of piperidine rings is 1. The van der Waals surface area contributed by atoms with Crippen molar-refractivity contribution in [2.45, 2.75) is 19.3 Å². The number of rotatable bonds is 5. The molecule has 0 spiro atoms. The molecule has 2 saturated heterocycles. The molecule has 1 aromatic carbocycles. The zero-order valence-electron chi connectivity index (χ0n) is 16.9. The maximum absolute atomic E-state index is 12.5. The molecule has 1 aromatic heterocycles. The van der Waals surface area contributed by atoms with Crippen molar-refractivity contribution in [2.75, 3.05) is 50.7 Å². The number of nitrogens with zero attached hydrogens (tertiary/aromatic N) is 5. The quantitative estimate of drug-likeness (QED) is 0.784. The van der Waals surface area contributed by atoms with Crippen molar-refractivity contribution >= 4 is 17.8 Å². The molecule has 0 bridgehead atoms. The topological polar surface area (TPSA) is 52.6 Å². The minimum atomic E-state index is 0.0128. The Hall–Kier alpha value is -2.73. The summed E-state index contributed by atoms with van der Waals surface area (Å²) >= 11 is 0. The minimum Gasteiger partial charge on any atom is -0.353 e. The van der Waals surface area contributed by atoms with E-state index in [0.717, 1.165) is 64.5 Å². The highest BCUT2D eigenvalue weighted by atomic mass is 16.2. The van der Waals surface area contributed by atoms with Crippen molar-refractivity contribution in [3.8, 4) is 0 Å². The number of hydrogen-bond acceptors (Lipinski definition) is 5. The maximum Gasteiger partial charge on any atom is 0.274 e. The summed E-state index contributed by atoms with van der Waals surface area (Å²) in [6.07, 6.45) is 7.79. The summed E-state index contributed by atoms with van der Waals surface area (Å²) in [7, 11) is 0. The van der Waals surface area contributed by atoms with Crippen LogP contribution in [0.3, 0.4) is 0 Å². The SMILES string of the molecule is O=C(c1ccc(N2CCN(C/C=C/c3ccccc3)CC2)nn1)N1CCCCC1. The van der Waals surface area contributed by atoms with Gasteiger partial charge in [0, 0.05) is 45.8 Å². The third-order valence-electron chi connectivity index (χ3n) is 5.68. The Morgan fingerprint density at radius 2 is 1.62 bits per heavy atom. The second kappa shape index (κ2) is 9.65. The Bertz CT molecular complexity index is 807. The van der Waals surface area contributed by atoms with E-state index in [4.69, 9.17) is 0 Å². The molecule has 6 nitrogen and oxygen atoms in total. The molecule has 152 valence electrons. The predicted octanol–water partition coefficient (Wildman–Crippen LogP) is 2.94. The summed E-state index contributed by atoms with van der Waals surface area (Å²) in [5, 5.41) is 8.56. The van der Waals surface area contributed by atoms with Crippen molar-refractivity contribution in [3.05, 3.63) is 59.8 Å². The van der Waals surface area contributed by atoms with Gasteiger partial charge in [0.05, 0.1) is 0 Å². The first-order valence-corrected chi connectivity index (χ1v) is 10.6. The monoisotopic (exact) mass is 391 g/mol. The molecule has 0 unspecified atom stereocenters. The average Bonchev–Trinajstić information content (AvgIpc) is 2.80. The second-order valence-corrected chi connectivity index (χ2v) is 7.73. The maximum atomic E-state index is 12.5. The highest BCUT2D eigenvalue weighted by molar-refractivity contribution is 5.92. The molecule has 2 fully saturated rings. The van der Waals surface area contributed by atoms with Crippen LogP contribution >= 0.6 is 0 Å². The van der Waals surface area contributed by atoms with E-state index in [1.165, 1.54) is 12.0 Å². The highest BCUT2D eigenvalue weighted by Gasteiger charge is 2.21. The van der Waals surface area contributed by atoms with Crippen molar-refractivity contribution in [3.63, 3.8) is 0 Å². The Morgan fingerprint density at radius 1 is 0.862 bits per heavy atom. The lowest BCUT2D eigenvalue weighted by Crippen LogP contribution is -2.46. The third-order valence-corrected chi connectivity index (χ3v) is 5.68. The van der Waals surface area contributed by atoms with Crippen LogP contribution in [0.25, 0.3) is 6.08 Å². The highest BCUT2D eigenvalue weighted by Crippen LogP contribution is 2.15. The molecule has 3 heterocycles. The van der Waals surface area contributed by atoms with Crippen LogP contribution < -0.4 is 4.90 Å². The van der Waals surface area contributed by atoms with Crippen LogP contribution in [0.2, 0.25) is 0 Å². The van der Waals surface area contributed by atoms with E-state index in [9.17, 15) is 4.79 Å². The first kappa shape index (κ1) is 19.6. The van der Waals surface area contributed by atoms with Gasteiger partial charge in [0.25, 0.3) is 5.91 Å². The van der Waals surface area contributed by atoms with Gasteiger partial charge in [-0.1, -0.05) is 42.5 Å². The van der Waals surface area contributed by atoms with Crippen LogP contribution in [-0.2, 0) is 0 Å². The lowest BCUT2D eigenvalue weighted by atomic mass is 10.1. The molecule has 6 heteroatoms. The van der Waals surface area contributed by atoms with E-state index in [0.29, 0.717) is 5.69 Å². The molecular weight excluding hydrogens is 362 g/mol. The van der Waals surface area contributed by atoms with Crippen molar-refractivity contribution in [2.24, 2.45) is 0 Å². The molecule has 2 aliphatic rings. The van der Waals surface area contributed by atoms with Gasteiger partial charge in [-0.3, -0.25) is 9.69 Å². The van der Waals surface area contributed by atoms with E-state index in [1.54, 1.807) is 0 Å². The number of amides is 1. The first-order valence-electron chi connectivity index (χ1n) is 10.6. The van der Waals surface area contributed by atoms with Crippen LogP contribution in [-0.4, -0.2) is 71.7 Å². The van der Waals surface area contributed by atoms with Crippen LogP contribution in [0.15, 0.2) is 48.5 Å². The standard InChI is InChI=1S/C23H29N5O/c29-23(28-14-5-2-6-15-28)21-11-12-22(25-24-21)27-18-16-26(17-19-27)13-7-10-20-8-3-1-4-9-20/h1,3-4,7-12H,2,5-6,13-19H2/b10-7+. The molecule has 0 saturated carbocycles. The van der Waals surface area contributed by atoms with E-state index < -0.39 is 0 Å². The number of benzene rings is 1. The summed E-state index contributed by atoms with van der Waals surface area (Å²) in [6.45, 7) is 6.47. The Morgan fingerprint density at radius 3 is 2.31 bits per heavy atom. The smallest absolute Gasteiger partial charge is 0.274 e. The number of aromatic nitrogens is 2. The number of piperazine rings is 1. The second-order valence-electron chi connectivity index (χ2n) is 7.73. The number of carbonyl (C=O) groups is 1. The summed E-state index contributed by atoms with van der Waals surface area (Å²) in [5.41, 5.74) is 1.70. The fourth-order valence-corrected chi connectivity index (χ4v) is 3.93. The van der Waals surface area contributed by atoms with Gasteiger partial charge in [-0.15, -0.1) is 10.2 Å². The summed E-state index contributed by atoms with van der Waals surface area (Å²) < 4.78 is 0. The molecule has 0 atom stereocenters. The zero-order valence-corrected chi connectivity index (χ0v) is 16.9. The Kier molecular flexibility index (Phi) is 6.52. The molecule has 1 amide bonds. The number of hydrogen-bond donors (Lipinski definition) is 0. The van der Waals surface area contributed by atoms with Gasteiger partial charge in [-0.25, -0.2) is 0 Å². The summed E-state index contributed by atoms with van der Waals surface area (Å²) in [6, 6.07) is 14.2. The number of likely N-dealkylation sites (tertiary alicyclic amines) is 1. The van der Waals surface area contributed by atoms with Crippen molar-refractivity contribution < 1.29 is 4.79 Å². The zero-order chi connectivity index (χ0) is 19.9. The number of carbonyl (C=O) groups excluding carboxylic acids is 1. The van der Waals surface area contributed by atoms with E-state index >= 15 is 0 Å². The molecule has 29 heavy (non-hydrogen) atoms. The van der Waals surface area contributed by atoms with Gasteiger partial charge in [0.2, 0.25) is 0 Å². The van der Waals surface area contributed by atoms with Crippen molar-refractivity contribution in [1.29, 1.82) is 0 Å². The van der Waals surface area contributed by atoms with Crippen LogP contribution in [0, 0.1) is 0 Å². The lowest BCUT2D eigenvalue weighted by molar-refractivity contribution is 0.0717. The Labute approximate surface area is 172 Å². The van der Waals surface area contributed by atoms with Gasteiger partial charge in [0.1, 0.15) is 0 Å². The van der Waals surface area contributed by atoms with E-state index in [1.807, 2.05) is 23.1 Å². The van der Waals surface area contributed by atoms with E-state index in [-0.39, 0.29) is 5.91 Å². The average molecular weight is 392 g/mol. The molecular formula is C23H29N5O. The van der Waals surface area contributed by atoms with Gasteiger partial charge in [-0.2, -0.15) is 0 Å². The molecule has 0 aliphatic carbocycles. The number of anilines is 1. The molecule has 2 aromatic rings. The Balaban J connectivity index is 1.26. The largest absolute Gasteiger partial charge is 0.353 e. The van der Waals surface area contributed by atoms with E-state index in [2.05, 4.69) is 56.4 Å². The molecule has 4 rings (SSSR count). The third kappa shape index (κ3) is 5.21. The summed E-state index contributed by atoms with van der Waals surface area (Å²) in [5.74, 6) is 0.874. The summed E-state index contributed by atoms with van der Waals surface area (Å²) in [4.78, 5) is 19.1. The van der Waals surface area contributed by atoms with Gasteiger partial charge in [-0.05, 0) is 37.0 Å². The van der Waals surface area contributed by atoms with Gasteiger partial charge < -0.3 is 9.80 Å². The molecule has 2 aliphatic heterocycles. The van der Waals surface area contributed by atoms with Gasteiger partial charge >= 0.3 is 0 Å². The van der Waals surface area contributed by atoms with Gasteiger partial charge in [0.15, 0.2) is 11.5 Å². The fourth-order valence-electron chi connectivity index (χ4n) is 3.93. The van der Waals surface area contributed by atoms with Crippen LogP contribution in [0.4, 0.5) is 5.82 Å².